The van der Waals surface area contributed by atoms with E-state index in [4.69, 9.17) is 5.73 Å². The number of nitrogens with two attached hydrogens (primary N) is 1. The third-order valence-electron chi connectivity index (χ3n) is 4.73. The lowest BCUT2D eigenvalue weighted by Crippen LogP contribution is -2.20. The van der Waals surface area contributed by atoms with Crippen LogP contribution >= 0.6 is 0 Å². The van der Waals surface area contributed by atoms with Crippen molar-refractivity contribution in [1.29, 1.82) is 0 Å². The molecule has 3 aromatic carbocycles. The first-order chi connectivity index (χ1) is 12.1. The van der Waals surface area contributed by atoms with Gasteiger partial charge < -0.3 is 10.7 Å². The molecule has 1 aromatic heterocycles. The molecule has 5 heteroatoms. The number of anilines is 1. The molecule has 25 heavy (non-hydrogen) atoms. The van der Waals surface area contributed by atoms with E-state index in [0.29, 0.717) is 22.4 Å². The van der Waals surface area contributed by atoms with Crippen molar-refractivity contribution >= 4 is 39.3 Å². The molecule has 0 bridgehead atoms. The number of nitrogens with one attached hydrogen (secondary N) is 2. The molecule has 0 atom stereocenters. The predicted octanol–water partition coefficient (Wildman–Crippen LogP) is 3.45. The highest BCUT2D eigenvalue weighted by Gasteiger charge is 2.33. The van der Waals surface area contributed by atoms with Gasteiger partial charge >= 0.3 is 0 Å². The number of carbonyl (C=O) groups is 2. The number of H-pyrrole nitrogens is 1. The molecule has 5 nitrogen and oxygen atoms in total. The Morgan fingerprint density at radius 1 is 0.760 bits per heavy atom. The van der Waals surface area contributed by atoms with Crippen molar-refractivity contribution in [2.45, 2.75) is 0 Å². The van der Waals surface area contributed by atoms with E-state index in [9.17, 15) is 9.59 Å². The molecule has 0 spiro atoms. The Morgan fingerprint density at radius 2 is 1.48 bits per heavy atom. The number of benzene rings is 3. The summed E-state index contributed by atoms with van der Waals surface area (Å²) < 4.78 is 0. The van der Waals surface area contributed by atoms with Crippen LogP contribution in [0.4, 0.5) is 5.69 Å². The summed E-state index contributed by atoms with van der Waals surface area (Å²) in [5.74, 6) is -0.753. The Balaban J connectivity index is 2.00. The van der Waals surface area contributed by atoms with Crippen molar-refractivity contribution in [2.75, 3.05) is 5.73 Å². The van der Waals surface area contributed by atoms with Crippen LogP contribution in [0.1, 0.15) is 20.7 Å². The van der Waals surface area contributed by atoms with Gasteiger partial charge in [0.05, 0.1) is 11.1 Å². The highest BCUT2D eigenvalue weighted by atomic mass is 16.2. The van der Waals surface area contributed by atoms with Gasteiger partial charge in [-0.1, -0.05) is 36.4 Å². The van der Waals surface area contributed by atoms with E-state index < -0.39 is 0 Å². The van der Waals surface area contributed by atoms with E-state index in [1.165, 1.54) is 0 Å². The number of carbonyl (C=O) groups excluding carboxylic acids is 2. The predicted molar refractivity (Wildman–Crippen MR) is 97.4 cm³/mol. The summed E-state index contributed by atoms with van der Waals surface area (Å²) in [6.45, 7) is 0. The maximum absolute atomic E-state index is 12.5. The van der Waals surface area contributed by atoms with Crippen LogP contribution < -0.4 is 11.1 Å². The van der Waals surface area contributed by atoms with E-state index in [1.807, 2.05) is 48.5 Å². The molecular formula is C20H13N3O2. The lowest BCUT2D eigenvalue weighted by atomic mass is 9.92. The molecule has 2 heterocycles. The van der Waals surface area contributed by atoms with Crippen LogP contribution in [0.15, 0.2) is 54.6 Å². The maximum Gasteiger partial charge on any atom is 0.259 e. The third-order valence-corrected chi connectivity index (χ3v) is 4.73. The van der Waals surface area contributed by atoms with Gasteiger partial charge in [-0.25, -0.2) is 0 Å². The van der Waals surface area contributed by atoms with Gasteiger partial charge in [-0.15, -0.1) is 0 Å². The lowest BCUT2D eigenvalue weighted by Gasteiger charge is -2.10. The number of imide groups is 1. The molecule has 0 radical (unpaired) electrons. The van der Waals surface area contributed by atoms with Crippen LogP contribution in [-0.4, -0.2) is 16.8 Å². The zero-order valence-corrected chi connectivity index (χ0v) is 13.1. The van der Waals surface area contributed by atoms with Crippen LogP contribution in [0.25, 0.3) is 32.9 Å². The first-order valence-corrected chi connectivity index (χ1v) is 7.93. The summed E-state index contributed by atoms with van der Waals surface area (Å²) >= 11 is 0. The van der Waals surface area contributed by atoms with E-state index in [0.717, 1.165) is 27.4 Å². The van der Waals surface area contributed by atoms with Crippen molar-refractivity contribution in [3.63, 3.8) is 0 Å². The summed E-state index contributed by atoms with van der Waals surface area (Å²) in [6, 6.07) is 17.0. The maximum atomic E-state index is 12.5. The number of fused-ring (bicyclic) bond motifs is 5. The van der Waals surface area contributed by atoms with Crippen LogP contribution in [0.2, 0.25) is 0 Å². The smallest absolute Gasteiger partial charge is 0.259 e. The number of amides is 2. The zero-order valence-electron chi connectivity index (χ0n) is 13.1. The van der Waals surface area contributed by atoms with E-state index >= 15 is 0 Å². The van der Waals surface area contributed by atoms with Crippen molar-refractivity contribution in [3.05, 3.63) is 65.7 Å². The third kappa shape index (κ3) is 1.77. The zero-order chi connectivity index (χ0) is 17.1. The van der Waals surface area contributed by atoms with Crippen LogP contribution in [0.3, 0.4) is 0 Å². The number of aromatic nitrogens is 1. The molecule has 2 amide bonds. The molecular weight excluding hydrogens is 314 g/mol. The summed E-state index contributed by atoms with van der Waals surface area (Å²) in [5, 5.41) is 4.12. The van der Waals surface area contributed by atoms with E-state index in [1.54, 1.807) is 6.07 Å². The van der Waals surface area contributed by atoms with Crippen molar-refractivity contribution in [3.8, 4) is 11.1 Å². The second-order valence-corrected chi connectivity index (χ2v) is 6.14. The van der Waals surface area contributed by atoms with Crippen molar-refractivity contribution in [1.82, 2.24) is 10.3 Å². The van der Waals surface area contributed by atoms with Gasteiger partial charge in [0.2, 0.25) is 0 Å². The van der Waals surface area contributed by atoms with Gasteiger partial charge in [0.25, 0.3) is 11.8 Å². The molecule has 0 fully saturated rings. The fourth-order valence-corrected chi connectivity index (χ4v) is 3.66. The first kappa shape index (κ1) is 13.8. The summed E-state index contributed by atoms with van der Waals surface area (Å²) in [7, 11) is 0. The second-order valence-electron chi connectivity index (χ2n) is 6.14. The summed E-state index contributed by atoms with van der Waals surface area (Å²) in [6.07, 6.45) is 0. The number of hydrogen-bond donors (Lipinski definition) is 3. The van der Waals surface area contributed by atoms with Gasteiger partial charge in [0.1, 0.15) is 0 Å². The van der Waals surface area contributed by atoms with Crippen LogP contribution in [0, 0.1) is 0 Å². The minimum absolute atomic E-state index is 0.369. The van der Waals surface area contributed by atoms with Crippen molar-refractivity contribution < 1.29 is 9.59 Å². The fourth-order valence-electron chi connectivity index (χ4n) is 3.66. The molecule has 4 aromatic rings. The molecule has 1 aliphatic heterocycles. The molecule has 0 saturated heterocycles. The number of rotatable bonds is 1. The Labute approximate surface area is 142 Å². The monoisotopic (exact) mass is 327 g/mol. The molecule has 0 saturated carbocycles. The lowest BCUT2D eigenvalue weighted by molar-refractivity contribution is 0.0880. The summed E-state index contributed by atoms with van der Waals surface area (Å²) in [5.41, 5.74) is 10.6. The summed E-state index contributed by atoms with van der Waals surface area (Å²) in [4.78, 5) is 28.4. The molecule has 1 aliphatic rings. The molecule has 0 unspecified atom stereocenters. The normalized spacial score (nSPS) is 13.4. The Morgan fingerprint density at radius 3 is 2.32 bits per heavy atom. The first-order valence-electron chi connectivity index (χ1n) is 7.93. The standard InChI is InChI=1S/C20H13N3O2/c21-13-7-3-1-5-10(13)12-9-15-16(11-6-2-4-8-14(11)22-15)18-17(12)19(24)23-20(18)25/h1-9,22H,21H2,(H,23,24,25). The van der Waals surface area contributed by atoms with Gasteiger partial charge in [-0.3, -0.25) is 14.9 Å². The van der Waals surface area contributed by atoms with Crippen LogP contribution in [-0.2, 0) is 0 Å². The molecule has 4 N–H and O–H groups in total. The Hall–Kier alpha value is -3.60. The van der Waals surface area contributed by atoms with Crippen LogP contribution in [0.5, 0.6) is 0 Å². The fraction of sp³-hybridized carbons (Fsp3) is 0. The second kappa shape index (κ2) is 4.70. The molecule has 0 aliphatic carbocycles. The quantitative estimate of drug-likeness (QED) is 0.369. The topological polar surface area (TPSA) is 88.0 Å². The van der Waals surface area contributed by atoms with Gasteiger partial charge in [-0.05, 0) is 23.8 Å². The minimum Gasteiger partial charge on any atom is -0.398 e. The number of aromatic amines is 1. The Bertz CT molecular complexity index is 1220. The molecule has 120 valence electrons. The number of nitrogen functional groups attached to an aromatic ring is 1. The highest BCUT2D eigenvalue weighted by Crippen LogP contribution is 2.40. The average Bonchev–Trinajstić information content (AvgIpc) is 3.12. The van der Waals surface area contributed by atoms with Gasteiger partial charge in [-0.2, -0.15) is 0 Å². The van der Waals surface area contributed by atoms with E-state index in [2.05, 4.69) is 10.3 Å². The average molecular weight is 327 g/mol. The molecule has 5 rings (SSSR count). The largest absolute Gasteiger partial charge is 0.398 e. The van der Waals surface area contributed by atoms with Crippen molar-refractivity contribution in [2.24, 2.45) is 0 Å². The highest BCUT2D eigenvalue weighted by molar-refractivity contribution is 6.32. The SMILES string of the molecule is Nc1ccccc1-c1cc2[nH]c3ccccc3c2c2c1C(=O)NC2=O. The van der Waals surface area contributed by atoms with Gasteiger partial charge in [0.15, 0.2) is 0 Å². The van der Waals surface area contributed by atoms with Gasteiger partial charge in [0, 0.05) is 33.1 Å². The number of para-hydroxylation sites is 2. The Kier molecular flexibility index (Phi) is 2.60. The number of hydrogen-bond acceptors (Lipinski definition) is 3. The van der Waals surface area contributed by atoms with E-state index in [-0.39, 0.29) is 11.8 Å². The minimum atomic E-state index is -0.384.